The van der Waals surface area contributed by atoms with E-state index in [4.69, 9.17) is 37.2 Å². The second kappa shape index (κ2) is 12.4. The van der Waals surface area contributed by atoms with Gasteiger partial charge >= 0.3 is 5.97 Å². The van der Waals surface area contributed by atoms with E-state index in [1.807, 2.05) is 0 Å². The fraction of sp³-hybridized carbons (Fsp3) is 0.138. The first kappa shape index (κ1) is 27.6. The summed E-state index contributed by atoms with van der Waals surface area (Å²) in [6.45, 7) is 0.222. The van der Waals surface area contributed by atoms with Gasteiger partial charge in [-0.1, -0.05) is 29.7 Å². The maximum Gasteiger partial charge on any atom is 0.335 e. The molecule has 0 unspecified atom stereocenters. The van der Waals surface area contributed by atoms with Crippen LogP contribution in [0, 0.1) is 12.3 Å². The Hall–Kier alpha value is -4.39. The van der Waals surface area contributed by atoms with E-state index in [-0.39, 0.29) is 29.6 Å². The van der Waals surface area contributed by atoms with E-state index < -0.39 is 5.97 Å². The van der Waals surface area contributed by atoms with Gasteiger partial charge < -0.3 is 19.3 Å². The van der Waals surface area contributed by atoms with Gasteiger partial charge in [-0.05, 0) is 77.5 Å². The number of aliphatic imine (C=N–C) groups is 1. The highest BCUT2D eigenvalue weighted by atomic mass is 35.5. The fourth-order valence-electron chi connectivity index (χ4n) is 3.66. The highest BCUT2D eigenvalue weighted by Gasteiger charge is 2.33. The first-order valence-corrected chi connectivity index (χ1v) is 12.7. The molecule has 39 heavy (non-hydrogen) atoms. The predicted molar refractivity (Wildman–Crippen MR) is 152 cm³/mol. The van der Waals surface area contributed by atoms with Crippen LogP contribution in [0.4, 0.5) is 5.69 Å². The number of hydrogen-bond donors (Lipinski definition) is 1. The van der Waals surface area contributed by atoms with Gasteiger partial charge in [-0.15, -0.1) is 6.42 Å². The van der Waals surface area contributed by atoms with Crippen LogP contribution in [0.25, 0.3) is 6.08 Å². The zero-order valence-electron chi connectivity index (χ0n) is 21.0. The van der Waals surface area contributed by atoms with Gasteiger partial charge in [-0.2, -0.15) is 0 Å². The number of nitrogens with zero attached hydrogens (tertiary/aromatic N) is 2. The summed E-state index contributed by atoms with van der Waals surface area (Å²) >= 11 is 7.63. The third-order valence-electron chi connectivity index (χ3n) is 5.58. The molecular weight excluding hydrogens is 540 g/mol. The van der Waals surface area contributed by atoms with Crippen LogP contribution in [-0.4, -0.2) is 47.9 Å². The average molecular weight is 563 g/mol. The summed E-state index contributed by atoms with van der Waals surface area (Å²) in [5.41, 5.74) is 2.17. The zero-order chi connectivity index (χ0) is 27.9. The molecule has 3 aromatic rings. The molecule has 3 aromatic carbocycles. The average Bonchev–Trinajstić information content (AvgIpc) is 3.21. The van der Waals surface area contributed by atoms with E-state index in [0.717, 1.165) is 5.56 Å². The zero-order valence-corrected chi connectivity index (χ0v) is 22.6. The number of carboxylic acid groups (broad SMARTS) is 1. The molecule has 1 aliphatic heterocycles. The van der Waals surface area contributed by atoms with Crippen LogP contribution >= 0.6 is 23.4 Å². The van der Waals surface area contributed by atoms with E-state index in [2.05, 4.69) is 5.92 Å². The normalized spacial score (nSPS) is 14.9. The van der Waals surface area contributed by atoms with Crippen molar-refractivity contribution in [1.29, 1.82) is 0 Å². The SMILES string of the molecule is C#CCOc1c(Cl)cc(/C=C2\SC(=Nc3ccc(OC)cc3)N(Cc3ccc(C(=O)O)cc3)C2=O)cc1OC. The predicted octanol–water partition coefficient (Wildman–Crippen LogP) is 5.87. The van der Waals surface area contributed by atoms with Crippen LogP contribution in [0.1, 0.15) is 21.5 Å². The van der Waals surface area contributed by atoms with Gasteiger partial charge in [0, 0.05) is 0 Å². The number of benzene rings is 3. The largest absolute Gasteiger partial charge is 0.497 e. The van der Waals surface area contributed by atoms with Crippen molar-refractivity contribution in [1.82, 2.24) is 4.90 Å². The van der Waals surface area contributed by atoms with Gasteiger partial charge in [-0.3, -0.25) is 9.69 Å². The van der Waals surface area contributed by atoms with E-state index >= 15 is 0 Å². The Balaban J connectivity index is 1.70. The van der Waals surface area contributed by atoms with Crippen molar-refractivity contribution in [3.8, 4) is 29.6 Å². The number of halogens is 1. The van der Waals surface area contributed by atoms with Crippen LogP contribution < -0.4 is 14.2 Å². The minimum Gasteiger partial charge on any atom is -0.497 e. The smallest absolute Gasteiger partial charge is 0.335 e. The van der Waals surface area contributed by atoms with Gasteiger partial charge in [-0.25, -0.2) is 9.79 Å². The standard InChI is InChI=1S/C29H23ClN2O6S/c1-4-13-38-26-23(30)14-19(15-24(26)37-3)16-25-27(33)32(17-18-5-7-20(8-6-18)28(34)35)29(39-25)31-21-9-11-22(36-2)12-10-21/h1,5-12,14-16H,13,17H2,2-3H3,(H,34,35)/b25-16-,31-29?. The number of rotatable bonds is 9. The van der Waals surface area contributed by atoms with Crippen molar-refractivity contribution >= 4 is 52.2 Å². The first-order valence-electron chi connectivity index (χ1n) is 11.5. The molecule has 4 rings (SSSR count). The topological polar surface area (TPSA) is 97.7 Å². The minimum atomic E-state index is -1.02. The number of thioether (sulfide) groups is 1. The van der Waals surface area contributed by atoms with E-state index in [0.29, 0.717) is 38.6 Å². The lowest BCUT2D eigenvalue weighted by Gasteiger charge is -2.16. The van der Waals surface area contributed by atoms with Crippen LogP contribution in [0.5, 0.6) is 17.2 Å². The van der Waals surface area contributed by atoms with Crippen molar-refractivity contribution in [2.24, 2.45) is 4.99 Å². The molecule has 1 amide bonds. The van der Waals surface area contributed by atoms with Gasteiger partial charge in [0.2, 0.25) is 0 Å². The summed E-state index contributed by atoms with van der Waals surface area (Å²) in [5.74, 6) is 2.48. The maximum atomic E-state index is 13.6. The van der Waals surface area contributed by atoms with Gasteiger partial charge in [0.1, 0.15) is 12.4 Å². The first-order chi connectivity index (χ1) is 18.8. The van der Waals surface area contributed by atoms with E-state index in [1.54, 1.807) is 66.6 Å². The highest BCUT2D eigenvalue weighted by Crippen LogP contribution is 2.40. The van der Waals surface area contributed by atoms with Crippen LogP contribution in [-0.2, 0) is 11.3 Å². The van der Waals surface area contributed by atoms with Crippen molar-refractivity contribution in [3.63, 3.8) is 0 Å². The Bertz CT molecular complexity index is 1490. The Morgan fingerprint density at radius 2 is 1.85 bits per heavy atom. The lowest BCUT2D eigenvalue weighted by Crippen LogP contribution is -2.28. The summed E-state index contributed by atoms with van der Waals surface area (Å²) < 4.78 is 16.1. The molecule has 1 N–H and O–H groups in total. The molecule has 8 nitrogen and oxygen atoms in total. The Morgan fingerprint density at radius 1 is 1.13 bits per heavy atom. The molecule has 1 aliphatic rings. The van der Waals surface area contributed by atoms with Gasteiger partial charge in [0.15, 0.2) is 16.7 Å². The number of hydrogen-bond acceptors (Lipinski definition) is 7. The molecule has 1 saturated heterocycles. The maximum absolute atomic E-state index is 13.6. The molecule has 0 atom stereocenters. The number of amides is 1. The Kier molecular flexibility index (Phi) is 8.81. The number of terminal acetylenes is 1. The molecule has 1 heterocycles. The molecule has 0 bridgehead atoms. The second-order valence-corrected chi connectivity index (χ2v) is 9.54. The van der Waals surface area contributed by atoms with Crippen molar-refractivity contribution in [2.75, 3.05) is 20.8 Å². The summed E-state index contributed by atoms with van der Waals surface area (Å²) in [5, 5.41) is 9.95. The second-order valence-electron chi connectivity index (χ2n) is 8.12. The van der Waals surface area contributed by atoms with Crippen molar-refractivity contribution in [3.05, 3.63) is 87.3 Å². The molecule has 10 heteroatoms. The van der Waals surface area contributed by atoms with Crippen molar-refractivity contribution < 1.29 is 28.9 Å². The molecular formula is C29H23ClN2O6S. The van der Waals surface area contributed by atoms with Crippen LogP contribution in [0.2, 0.25) is 5.02 Å². The summed E-state index contributed by atoms with van der Waals surface area (Å²) in [6.07, 6.45) is 6.98. The number of methoxy groups -OCH3 is 2. The van der Waals surface area contributed by atoms with Gasteiger partial charge in [0.25, 0.3) is 5.91 Å². The molecule has 0 aromatic heterocycles. The number of carboxylic acids is 1. The van der Waals surface area contributed by atoms with E-state index in [9.17, 15) is 14.7 Å². The monoisotopic (exact) mass is 562 g/mol. The molecule has 0 spiro atoms. The molecule has 198 valence electrons. The number of ether oxygens (including phenoxy) is 3. The lowest BCUT2D eigenvalue weighted by atomic mass is 10.1. The fourth-order valence-corrected chi connectivity index (χ4v) is 4.93. The quantitative estimate of drug-likeness (QED) is 0.257. The summed E-state index contributed by atoms with van der Waals surface area (Å²) in [6, 6.07) is 16.9. The minimum absolute atomic E-state index is 0.0262. The number of amidine groups is 1. The molecule has 0 radical (unpaired) electrons. The molecule has 0 aliphatic carbocycles. The third kappa shape index (κ3) is 6.55. The number of carbonyl (C=O) groups is 2. The summed E-state index contributed by atoms with van der Waals surface area (Å²) in [7, 11) is 3.06. The van der Waals surface area contributed by atoms with Gasteiger partial charge in [0.05, 0.1) is 41.9 Å². The Labute approximate surface area is 234 Å². The lowest BCUT2D eigenvalue weighted by molar-refractivity contribution is -0.122. The van der Waals surface area contributed by atoms with Crippen LogP contribution in [0.3, 0.4) is 0 Å². The van der Waals surface area contributed by atoms with Crippen molar-refractivity contribution in [2.45, 2.75) is 6.54 Å². The van der Waals surface area contributed by atoms with E-state index in [1.165, 1.54) is 31.0 Å². The van der Waals surface area contributed by atoms with Crippen LogP contribution in [0.15, 0.2) is 70.6 Å². The molecule has 1 fully saturated rings. The summed E-state index contributed by atoms with van der Waals surface area (Å²) in [4.78, 5) is 31.5. The molecule has 0 saturated carbocycles. The number of aromatic carboxylic acids is 1. The highest BCUT2D eigenvalue weighted by molar-refractivity contribution is 8.18. The number of carbonyl (C=O) groups excluding carboxylic acids is 1. The third-order valence-corrected chi connectivity index (χ3v) is 6.86. The Morgan fingerprint density at radius 3 is 2.46 bits per heavy atom.